The second-order valence-corrected chi connectivity index (χ2v) is 9.57. The van der Waals surface area contributed by atoms with Crippen molar-refractivity contribution in [2.75, 3.05) is 6.61 Å². The van der Waals surface area contributed by atoms with Crippen molar-refractivity contribution < 1.29 is 14.3 Å². The van der Waals surface area contributed by atoms with Gasteiger partial charge in [-0.05, 0) is 61.7 Å². The van der Waals surface area contributed by atoms with Crippen molar-refractivity contribution in [2.24, 2.45) is 0 Å². The highest BCUT2D eigenvalue weighted by Gasteiger charge is 2.41. The molecule has 0 unspecified atom stereocenters. The Morgan fingerprint density at radius 1 is 1.10 bits per heavy atom. The Bertz CT molecular complexity index is 855. The number of hydrogen-bond acceptors (Lipinski definition) is 4. The van der Waals surface area contributed by atoms with Crippen LogP contribution in [0.4, 0.5) is 0 Å². The maximum Gasteiger partial charge on any atom is 0.247 e. The summed E-state index contributed by atoms with van der Waals surface area (Å²) in [5, 5.41) is 5.26. The lowest BCUT2D eigenvalue weighted by molar-refractivity contribution is -0.141. The molecule has 1 heterocycles. The molecule has 5 nitrogen and oxygen atoms in total. The Morgan fingerprint density at radius 2 is 1.84 bits per heavy atom. The van der Waals surface area contributed by atoms with Crippen LogP contribution in [0.15, 0.2) is 41.8 Å². The van der Waals surface area contributed by atoms with Gasteiger partial charge in [-0.2, -0.15) is 0 Å². The van der Waals surface area contributed by atoms with E-state index < -0.39 is 6.04 Å². The number of amides is 2. The summed E-state index contributed by atoms with van der Waals surface area (Å²) in [7, 11) is 0. The van der Waals surface area contributed by atoms with E-state index in [1.165, 1.54) is 6.42 Å². The van der Waals surface area contributed by atoms with Gasteiger partial charge < -0.3 is 15.0 Å². The summed E-state index contributed by atoms with van der Waals surface area (Å²) in [5.41, 5.74) is 0.850. The lowest BCUT2D eigenvalue weighted by atomic mass is 9.94. The van der Waals surface area contributed by atoms with E-state index in [1.54, 1.807) is 11.3 Å². The summed E-state index contributed by atoms with van der Waals surface area (Å²) >= 11 is 1.59. The Kier molecular flexibility index (Phi) is 7.28. The van der Waals surface area contributed by atoms with E-state index in [0.717, 1.165) is 54.7 Å². The van der Waals surface area contributed by atoms with Gasteiger partial charge in [0.25, 0.3) is 0 Å². The first-order valence-corrected chi connectivity index (χ1v) is 12.4. The van der Waals surface area contributed by atoms with E-state index >= 15 is 0 Å². The van der Waals surface area contributed by atoms with E-state index in [4.69, 9.17) is 4.74 Å². The molecule has 4 rings (SSSR count). The fraction of sp³-hybridized carbons (Fsp3) is 0.520. The minimum atomic E-state index is -0.599. The standard InChI is InChI=1S/C25H32N2O3S/c1-2-30-21-14-10-18(11-15-21)24(25(29)26-19-7-4-3-5-8-19)27(20-12-13-20)23(28)17-22-9-6-16-31-22/h6,9-11,14-16,19-20,24H,2-5,7-8,12-13,17H2,1H3,(H,26,29)/t24-/m1/s1. The lowest BCUT2D eigenvalue weighted by Crippen LogP contribution is -2.48. The molecule has 2 fully saturated rings. The quantitative estimate of drug-likeness (QED) is 0.605. The van der Waals surface area contributed by atoms with Gasteiger partial charge >= 0.3 is 0 Å². The van der Waals surface area contributed by atoms with Crippen molar-refractivity contribution in [3.05, 3.63) is 52.2 Å². The van der Waals surface area contributed by atoms with Crippen LogP contribution in [0, 0.1) is 0 Å². The van der Waals surface area contributed by atoms with Crippen LogP contribution in [0.1, 0.15) is 68.4 Å². The van der Waals surface area contributed by atoms with Crippen LogP contribution in [0.3, 0.4) is 0 Å². The molecule has 0 radical (unpaired) electrons. The predicted molar refractivity (Wildman–Crippen MR) is 123 cm³/mol. The molecule has 0 saturated heterocycles. The van der Waals surface area contributed by atoms with Gasteiger partial charge in [0.05, 0.1) is 13.0 Å². The van der Waals surface area contributed by atoms with Crippen LogP contribution in [-0.4, -0.2) is 35.4 Å². The van der Waals surface area contributed by atoms with Gasteiger partial charge in [0.2, 0.25) is 11.8 Å². The highest BCUT2D eigenvalue weighted by molar-refractivity contribution is 7.10. The van der Waals surface area contributed by atoms with E-state index in [2.05, 4.69) is 5.32 Å². The molecular weight excluding hydrogens is 408 g/mol. The average Bonchev–Trinajstić information content (AvgIpc) is 3.48. The molecule has 1 aromatic heterocycles. The number of rotatable bonds is 9. The molecule has 2 aromatic rings. The van der Waals surface area contributed by atoms with Gasteiger partial charge in [0, 0.05) is 17.0 Å². The molecule has 0 spiro atoms. The first-order valence-electron chi connectivity index (χ1n) is 11.5. The second kappa shape index (κ2) is 10.3. The number of carbonyl (C=O) groups excluding carboxylic acids is 2. The van der Waals surface area contributed by atoms with Crippen molar-refractivity contribution in [3.8, 4) is 5.75 Å². The molecule has 2 aliphatic rings. The molecule has 2 saturated carbocycles. The fourth-order valence-electron chi connectivity index (χ4n) is 4.44. The summed E-state index contributed by atoms with van der Waals surface area (Å²) in [5.74, 6) is 0.755. The molecular formula is C25H32N2O3S. The first-order chi connectivity index (χ1) is 15.2. The summed E-state index contributed by atoms with van der Waals surface area (Å²) in [6.45, 7) is 2.55. The van der Waals surface area contributed by atoms with Crippen LogP contribution >= 0.6 is 11.3 Å². The van der Waals surface area contributed by atoms with Gasteiger partial charge in [-0.3, -0.25) is 9.59 Å². The van der Waals surface area contributed by atoms with E-state index in [1.807, 2.05) is 53.6 Å². The molecule has 2 aliphatic carbocycles. The Hall–Kier alpha value is -2.34. The fourth-order valence-corrected chi connectivity index (χ4v) is 5.14. The third-order valence-electron chi connectivity index (χ3n) is 6.12. The number of nitrogens with zero attached hydrogens (tertiary/aromatic N) is 1. The van der Waals surface area contributed by atoms with Crippen LogP contribution in [0.25, 0.3) is 0 Å². The molecule has 2 amide bonds. The summed E-state index contributed by atoms with van der Waals surface area (Å²) in [6.07, 6.45) is 7.86. The van der Waals surface area contributed by atoms with E-state index in [9.17, 15) is 9.59 Å². The SMILES string of the molecule is CCOc1ccc([C@H](C(=O)NC2CCCCC2)N(C(=O)Cc2cccs2)C2CC2)cc1. The summed E-state index contributed by atoms with van der Waals surface area (Å²) in [6, 6.07) is 11.4. The molecule has 1 atom stereocenters. The summed E-state index contributed by atoms with van der Waals surface area (Å²) < 4.78 is 5.58. The minimum absolute atomic E-state index is 0.0302. The lowest BCUT2D eigenvalue weighted by Gasteiger charge is -2.33. The van der Waals surface area contributed by atoms with Crippen LogP contribution in [-0.2, 0) is 16.0 Å². The zero-order valence-electron chi connectivity index (χ0n) is 18.2. The number of thiophene rings is 1. The first kappa shape index (κ1) is 21.9. The maximum atomic E-state index is 13.6. The van der Waals surface area contributed by atoms with Gasteiger partial charge in [0.1, 0.15) is 11.8 Å². The van der Waals surface area contributed by atoms with Crippen LogP contribution in [0.2, 0.25) is 0 Å². The highest BCUT2D eigenvalue weighted by atomic mass is 32.1. The largest absolute Gasteiger partial charge is 0.494 e. The van der Waals surface area contributed by atoms with Crippen LogP contribution in [0.5, 0.6) is 5.75 Å². The molecule has 6 heteroatoms. The number of benzene rings is 1. The smallest absolute Gasteiger partial charge is 0.247 e. The Balaban J connectivity index is 1.60. The topological polar surface area (TPSA) is 58.6 Å². The number of ether oxygens (including phenoxy) is 1. The second-order valence-electron chi connectivity index (χ2n) is 8.54. The van der Waals surface area contributed by atoms with Crippen molar-refractivity contribution in [1.82, 2.24) is 10.2 Å². The average molecular weight is 441 g/mol. The molecule has 0 bridgehead atoms. The van der Waals surface area contributed by atoms with Crippen molar-refractivity contribution in [1.29, 1.82) is 0 Å². The van der Waals surface area contributed by atoms with Crippen LogP contribution < -0.4 is 10.1 Å². The Labute approximate surface area is 188 Å². The number of nitrogens with one attached hydrogen (secondary N) is 1. The maximum absolute atomic E-state index is 13.6. The molecule has 166 valence electrons. The van der Waals surface area contributed by atoms with Gasteiger partial charge in [-0.25, -0.2) is 0 Å². The number of hydrogen-bond donors (Lipinski definition) is 1. The molecule has 1 aromatic carbocycles. The molecule has 31 heavy (non-hydrogen) atoms. The van der Waals surface area contributed by atoms with E-state index in [-0.39, 0.29) is 23.9 Å². The molecule has 1 N–H and O–H groups in total. The van der Waals surface area contributed by atoms with E-state index in [0.29, 0.717) is 13.0 Å². The minimum Gasteiger partial charge on any atom is -0.494 e. The predicted octanol–water partition coefficient (Wildman–Crippen LogP) is 4.87. The summed E-state index contributed by atoms with van der Waals surface area (Å²) in [4.78, 5) is 29.9. The Morgan fingerprint density at radius 3 is 2.45 bits per heavy atom. The van der Waals surface area contributed by atoms with Crippen molar-refractivity contribution >= 4 is 23.2 Å². The number of carbonyl (C=O) groups is 2. The highest BCUT2D eigenvalue weighted by Crippen LogP contribution is 2.36. The normalized spacial score (nSPS) is 17.7. The van der Waals surface area contributed by atoms with Crippen molar-refractivity contribution in [2.45, 2.75) is 76.4 Å². The third-order valence-corrected chi connectivity index (χ3v) is 7.00. The monoisotopic (exact) mass is 440 g/mol. The van der Waals surface area contributed by atoms with Crippen molar-refractivity contribution in [3.63, 3.8) is 0 Å². The third kappa shape index (κ3) is 5.67. The van der Waals surface area contributed by atoms with Gasteiger partial charge in [-0.1, -0.05) is 37.5 Å². The zero-order chi connectivity index (χ0) is 21.6. The van der Waals surface area contributed by atoms with Gasteiger partial charge in [0.15, 0.2) is 0 Å². The zero-order valence-corrected chi connectivity index (χ0v) is 19.0. The van der Waals surface area contributed by atoms with Gasteiger partial charge in [-0.15, -0.1) is 11.3 Å². The molecule has 0 aliphatic heterocycles.